The number of carbonyl (C=O) groups is 2. The van der Waals surface area contributed by atoms with E-state index in [0.29, 0.717) is 25.3 Å². The molecule has 29 heavy (non-hydrogen) atoms. The zero-order valence-electron chi connectivity index (χ0n) is 15.5. The van der Waals surface area contributed by atoms with Gasteiger partial charge >= 0.3 is 12.1 Å². The molecule has 2 heterocycles. The summed E-state index contributed by atoms with van der Waals surface area (Å²) >= 11 is 0. The number of carboxylic acids is 1. The molecule has 1 aromatic heterocycles. The molecule has 3 rings (SSSR count). The number of alkyl halides is 3. The van der Waals surface area contributed by atoms with Crippen LogP contribution in [-0.4, -0.2) is 58.8 Å². The molecule has 1 atom stereocenters. The Bertz CT molecular complexity index is 785. The van der Waals surface area contributed by atoms with E-state index in [1.807, 2.05) is 17.0 Å². The van der Waals surface area contributed by atoms with Crippen LogP contribution < -0.4 is 0 Å². The van der Waals surface area contributed by atoms with Crippen molar-refractivity contribution in [2.45, 2.75) is 25.1 Å². The highest BCUT2D eigenvalue weighted by atomic mass is 19.4. The molecule has 1 aliphatic heterocycles. The molecule has 1 saturated heterocycles. The summed E-state index contributed by atoms with van der Waals surface area (Å²) in [6.45, 7) is 1.90. The van der Waals surface area contributed by atoms with E-state index in [9.17, 15) is 18.0 Å². The van der Waals surface area contributed by atoms with Crippen molar-refractivity contribution in [3.05, 3.63) is 66.0 Å². The molecule has 1 fully saturated rings. The third-order valence-corrected chi connectivity index (χ3v) is 4.17. The lowest BCUT2D eigenvalue weighted by molar-refractivity contribution is -0.192. The van der Waals surface area contributed by atoms with Crippen molar-refractivity contribution in [2.75, 3.05) is 19.7 Å². The van der Waals surface area contributed by atoms with E-state index in [1.165, 1.54) is 5.56 Å². The summed E-state index contributed by atoms with van der Waals surface area (Å²) in [5.41, 5.74) is 1.95. The number of benzene rings is 1. The summed E-state index contributed by atoms with van der Waals surface area (Å²) in [7, 11) is 0. The highest BCUT2D eigenvalue weighted by Crippen LogP contribution is 2.15. The van der Waals surface area contributed by atoms with Crippen molar-refractivity contribution in [1.82, 2.24) is 9.88 Å². The molecular weight excluding hydrogens is 389 g/mol. The Morgan fingerprint density at radius 1 is 1.17 bits per heavy atom. The quantitative estimate of drug-likeness (QED) is 0.838. The van der Waals surface area contributed by atoms with E-state index >= 15 is 0 Å². The number of hydrogen-bond acceptors (Lipinski definition) is 4. The molecule has 0 aliphatic carbocycles. The maximum atomic E-state index is 12.4. The number of carbonyl (C=O) groups excluding carboxylic acids is 1. The minimum atomic E-state index is -5.08. The molecule has 0 bridgehead atoms. The normalized spacial score (nSPS) is 16.5. The smallest absolute Gasteiger partial charge is 0.475 e. The van der Waals surface area contributed by atoms with Gasteiger partial charge < -0.3 is 14.7 Å². The molecule has 0 radical (unpaired) electrons. The third kappa shape index (κ3) is 7.53. The summed E-state index contributed by atoms with van der Waals surface area (Å²) in [5.74, 6) is -2.71. The molecule has 1 aliphatic rings. The lowest BCUT2D eigenvalue weighted by Gasteiger charge is -2.33. The van der Waals surface area contributed by atoms with Crippen LogP contribution in [0.3, 0.4) is 0 Å². The molecule has 2 aromatic rings. The average molecular weight is 410 g/mol. The SMILES string of the molecule is O=C(O)C(F)(F)F.O=C(c1cccnc1)N1CCOC(CCc2ccccc2)C1. The maximum Gasteiger partial charge on any atom is 0.490 e. The summed E-state index contributed by atoms with van der Waals surface area (Å²) in [4.78, 5) is 27.2. The first-order valence-corrected chi connectivity index (χ1v) is 8.92. The van der Waals surface area contributed by atoms with Crippen LogP contribution in [0.25, 0.3) is 0 Å². The number of aryl methyl sites for hydroxylation is 1. The highest BCUT2D eigenvalue weighted by Gasteiger charge is 2.38. The van der Waals surface area contributed by atoms with Gasteiger partial charge in [0.25, 0.3) is 5.91 Å². The van der Waals surface area contributed by atoms with Crippen LogP contribution in [0, 0.1) is 0 Å². The Morgan fingerprint density at radius 2 is 1.86 bits per heavy atom. The number of morpholine rings is 1. The van der Waals surface area contributed by atoms with Gasteiger partial charge in [0.1, 0.15) is 0 Å². The molecule has 0 saturated carbocycles. The third-order valence-electron chi connectivity index (χ3n) is 4.17. The van der Waals surface area contributed by atoms with E-state index < -0.39 is 12.1 Å². The van der Waals surface area contributed by atoms with Gasteiger partial charge in [0, 0.05) is 25.5 Å². The van der Waals surface area contributed by atoms with Gasteiger partial charge in [-0.2, -0.15) is 13.2 Å². The van der Waals surface area contributed by atoms with Crippen molar-refractivity contribution >= 4 is 11.9 Å². The fourth-order valence-corrected chi connectivity index (χ4v) is 2.72. The zero-order chi connectivity index (χ0) is 21.3. The van der Waals surface area contributed by atoms with Gasteiger partial charge in [-0.15, -0.1) is 0 Å². The van der Waals surface area contributed by atoms with Crippen LogP contribution in [0.1, 0.15) is 22.3 Å². The second-order valence-corrected chi connectivity index (χ2v) is 6.31. The van der Waals surface area contributed by atoms with Crippen molar-refractivity contribution in [2.24, 2.45) is 0 Å². The minimum absolute atomic E-state index is 0.0427. The van der Waals surface area contributed by atoms with Gasteiger partial charge in [0.2, 0.25) is 0 Å². The molecule has 1 N–H and O–H groups in total. The summed E-state index contributed by atoms with van der Waals surface area (Å²) in [6, 6.07) is 14.0. The van der Waals surface area contributed by atoms with Crippen molar-refractivity contribution in [1.29, 1.82) is 0 Å². The van der Waals surface area contributed by atoms with Gasteiger partial charge in [-0.1, -0.05) is 30.3 Å². The van der Waals surface area contributed by atoms with Gasteiger partial charge in [-0.3, -0.25) is 9.78 Å². The average Bonchev–Trinajstić information content (AvgIpc) is 2.73. The maximum absolute atomic E-state index is 12.4. The Hall–Kier alpha value is -2.94. The fourth-order valence-electron chi connectivity index (χ4n) is 2.72. The number of ether oxygens (including phenoxy) is 1. The van der Waals surface area contributed by atoms with Gasteiger partial charge in [-0.05, 0) is 30.5 Å². The molecular formula is C20H21F3N2O4. The predicted octanol–water partition coefficient (Wildman–Crippen LogP) is 3.19. The molecule has 6 nitrogen and oxygen atoms in total. The number of aromatic nitrogens is 1. The van der Waals surface area contributed by atoms with Crippen LogP contribution in [0.5, 0.6) is 0 Å². The second-order valence-electron chi connectivity index (χ2n) is 6.31. The highest BCUT2D eigenvalue weighted by molar-refractivity contribution is 5.93. The molecule has 1 amide bonds. The first kappa shape index (κ1) is 22.4. The topological polar surface area (TPSA) is 79.7 Å². The summed E-state index contributed by atoms with van der Waals surface area (Å²) in [6.07, 6.45) is 0.228. The van der Waals surface area contributed by atoms with E-state index in [4.69, 9.17) is 14.6 Å². The van der Waals surface area contributed by atoms with Crippen LogP contribution in [-0.2, 0) is 16.0 Å². The van der Waals surface area contributed by atoms with Crippen molar-refractivity contribution in [3.8, 4) is 0 Å². The summed E-state index contributed by atoms with van der Waals surface area (Å²) in [5, 5.41) is 7.12. The first-order valence-electron chi connectivity index (χ1n) is 8.92. The number of rotatable bonds is 4. The number of amides is 1. The van der Waals surface area contributed by atoms with Crippen LogP contribution in [0.2, 0.25) is 0 Å². The lowest BCUT2D eigenvalue weighted by Crippen LogP contribution is -2.45. The summed E-state index contributed by atoms with van der Waals surface area (Å²) < 4.78 is 37.5. The van der Waals surface area contributed by atoms with Crippen molar-refractivity contribution in [3.63, 3.8) is 0 Å². The largest absolute Gasteiger partial charge is 0.490 e. The number of halogens is 3. The van der Waals surface area contributed by atoms with Gasteiger partial charge in [0.15, 0.2) is 0 Å². The first-order chi connectivity index (χ1) is 13.8. The van der Waals surface area contributed by atoms with E-state index in [2.05, 4.69) is 29.2 Å². The van der Waals surface area contributed by atoms with Crippen LogP contribution in [0.4, 0.5) is 13.2 Å². The van der Waals surface area contributed by atoms with E-state index in [-0.39, 0.29) is 12.0 Å². The minimum Gasteiger partial charge on any atom is -0.475 e. The Balaban J connectivity index is 0.000000370. The predicted molar refractivity (Wildman–Crippen MR) is 98.3 cm³/mol. The molecule has 1 aromatic carbocycles. The Kier molecular flexibility index (Phi) is 8.14. The van der Waals surface area contributed by atoms with Gasteiger partial charge in [0.05, 0.1) is 18.3 Å². The van der Waals surface area contributed by atoms with Crippen LogP contribution >= 0.6 is 0 Å². The second kappa shape index (κ2) is 10.6. The Morgan fingerprint density at radius 3 is 2.45 bits per heavy atom. The number of hydrogen-bond donors (Lipinski definition) is 1. The molecule has 1 unspecified atom stereocenters. The standard InChI is InChI=1S/C18H20N2O2.C2HF3O2/c21-18(16-7-4-10-19-13-16)20-11-12-22-17(14-20)9-8-15-5-2-1-3-6-15;3-2(4,5)1(6)7/h1-7,10,13,17H,8-9,11-12,14H2;(H,6,7). The number of pyridine rings is 1. The fraction of sp³-hybridized carbons (Fsp3) is 0.350. The van der Waals surface area contributed by atoms with Gasteiger partial charge in [-0.25, -0.2) is 4.79 Å². The number of nitrogens with zero attached hydrogens (tertiary/aromatic N) is 2. The number of carboxylic acid groups (broad SMARTS) is 1. The van der Waals surface area contributed by atoms with Crippen molar-refractivity contribution < 1.29 is 32.6 Å². The van der Waals surface area contributed by atoms with Crippen LogP contribution in [0.15, 0.2) is 54.9 Å². The number of aliphatic carboxylic acids is 1. The Labute approximate surface area is 165 Å². The molecule has 9 heteroatoms. The van der Waals surface area contributed by atoms with E-state index in [0.717, 1.165) is 12.8 Å². The van der Waals surface area contributed by atoms with E-state index in [1.54, 1.807) is 18.5 Å². The molecule has 0 spiro atoms. The lowest BCUT2D eigenvalue weighted by atomic mass is 10.1. The monoisotopic (exact) mass is 410 g/mol. The molecule has 156 valence electrons. The zero-order valence-corrected chi connectivity index (χ0v) is 15.5.